The number of hydrogen-bond donors (Lipinski definition) is 1. The summed E-state index contributed by atoms with van der Waals surface area (Å²) in [5, 5.41) is 10.8. The van der Waals surface area contributed by atoms with E-state index < -0.39 is 6.17 Å². The third-order valence-corrected chi connectivity index (χ3v) is 7.80. The Morgan fingerprint density at radius 3 is 2.76 bits per heavy atom. The molecule has 7 heteroatoms. The van der Waals surface area contributed by atoms with Gasteiger partial charge in [-0.3, -0.25) is 4.98 Å². The maximum absolute atomic E-state index is 15.3. The predicted octanol–water partition coefficient (Wildman–Crippen LogP) is 5.90. The zero-order chi connectivity index (χ0) is 23.9. The number of aliphatic hydroxyl groups is 1. The van der Waals surface area contributed by atoms with Crippen molar-refractivity contribution in [3.8, 4) is 5.75 Å². The molecule has 4 rings (SSSR count). The fourth-order valence-electron chi connectivity index (χ4n) is 4.83. The molecule has 1 unspecified atom stereocenters. The van der Waals surface area contributed by atoms with Gasteiger partial charge in [0.15, 0.2) is 0 Å². The molecule has 182 valence electrons. The SMILES string of the molecule is COc1ccc2nccc(C(F)CC[C@@H]3CCN(CCSc4ccc(F)cc4)C[C@@H]3CO)c2c1. The summed E-state index contributed by atoms with van der Waals surface area (Å²) in [6.07, 6.45) is 2.72. The molecule has 34 heavy (non-hydrogen) atoms. The molecular weight excluding hydrogens is 454 g/mol. The van der Waals surface area contributed by atoms with E-state index in [0.717, 1.165) is 54.0 Å². The van der Waals surface area contributed by atoms with E-state index >= 15 is 4.39 Å². The summed E-state index contributed by atoms with van der Waals surface area (Å²) >= 11 is 1.71. The first kappa shape index (κ1) is 24.9. The van der Waals surface area contributed by atoms with E-state index in [1.165, 1.54) is 12.1 Å². The van der Waals surface area contributed by atoms with Crippen LogP contribution in [0.5, 0.6) is 5.75 Å². The number of hydrogen-bond acceptors (Lipinski definition) is 5. The molecule has 0 aliphatic carbocycles. The lowest BCUT2D eigenvalue weighted by atomic mass is 9.81. The number of pyridine rings is 1. The van der Waals surface area contributed by atoms with Gasteiger partial charge in [0, 0.05) is 41.9 Å². The van der Waals surface area contributed by atoms with Crippen LogP contribution < -0.4 is 4.74 Å². The first-order valence-corrected chi connectivity index (χ1v) is 12.8. The minimum Gasteiger partial charge on any atom is -0.497 e. The van der Waals surface area contributed by atoms with Gasteiger partial charge in [0.2, 0.25) is 0 Å². The van der Waals surface area contributed by atoms with Gasteiger partial charge in [0.1, 0.15) is 17.7 Å². The standard InChI is InChI=1S/C27H32F2N2O2S/c1-33-22-5-9-27-25(16-22)24(10-12-30-27)26(29)8-2-19-11-13-31(17-20(19)18-32)14-15-34-23-6-3-21(28)4-7-23/h3-7,9-10,12,16,19-20,26,32H,2,8,11,13-15,17-18H2,1H3/t19-,20-,26?/m1/s1. The summed E-state index contributed by atoms with van der Waals surface area (Å²) in [5.74, 6) is 1.86. The van der Waals surface area contributed by atoms with Crippen LogP contribution in [0.3, 0.4) is 0 Å². The summed E-state index contributed by atoms with van der Waals surface area (Å²) in [7, 11) is 1.60. The number of benzene rings is 2. The van der Waals surface area contributed by atoms with E-state index in [0.29, 0.717) is 23.7 Å². The van der Waals surface area contributed by atoms with Crippen LogP contribution in [0, 0.1) is 17.7 Å². The molecular formula is C27H32F2N2O2S. The van der Waals surface area contributed by atoms with Gasteiger partial charge in [-0.05, 0) is 91.7 Å². The van der Waals surface area contributed by atoms with Crippen molar-refractivity contribution in [1.82, 2.24) is 9.88 Å². The van der Waals surface area contributed by atoms with E-state index in [9.17, 15) is 9.50 Å². The molecule has 3 aromatic rings. The smallest absolute Gasteiger partial charge is 0.126 e. The van der Waals surface area contributed by atoms with Crippen molar-refractivity contribution >= 4 is 22.7 Å². The topological polar surface area (TPSA) is 45.6 Å². The summed E-state index contributed by atoms with van der Waals surface area (Å²) in [5.41, 5.74) is 1.42. The largest absolute Gasteiger partial charge is 0.497 e. The maximum atomic E-state index is 15.3. The average Bonchev–Trinajstić information content (AvgIpc) is 2.88. The fourth-order valence-corrected chi connectivity index (χ4v) is 5.75. The van der Waals surface area contributed by atoms with Crippen molar-refractivity contribution in [2.45, 2.75) is 30.3 Å². The molecule has 2 aromatic carbocycles. The summed E-state index contributed by atoms with van der Waals surface area (Å²) in [6.45, 7) is 2.83. The van der Waals surface area contributed by atoms with Crippen molar-refractivity contribution in [3.63, 3.8) is 0 Å². The highest BCUT2D eigenvalue weighted by Crippen LogP contribution is 2.35. The molecule has 3 atom stereocenters. The molecule has 0 spiro atoms. The number of thioether (sulfide) groups is 1. The number of halogens is 2. The van der Waals surface area contributed by atoms with Gasteiger partial charge in [0.05, 0.1) is 12.6 Å². The summed E-state index contributed by atoms with van der Waals surface area (Å²) < 4.78 is 33.7. The Balaban J connectivity index is 1.29. The van der Waals surface area contributed by atoms with Crippen molar-refractivity contribution in [2.75, 3.05) is 39.1 Å². The minimum absolute atomic E-state index is 0.124. The second-order valence-corrected chi connectivity index (χ2v) is 10.1. The number of ether oxygens (including phenoxy) is 1. The van der Waals surface area contributed by atoms with Crippen LogP contribution in [0.2, 0.25) is 0 Å². The quantitative estimate of drug-likeness (QED) is 0.362. The van der Waals surface area contributed by atoms with Crippen LogP contribution >= 0.6 is 11.8 Å². The van der Waals surface area contributed by atoms with E-state index in [-0.39, 0.29) is 18.3 Å². The average molecular weight is 487 g/mol. The van der Waals surface area contributed by atoms with Gasteiger partial charge in [-0.15, -0.1) is 11.8 Å². The Hall–Kier alpha value is -2.22. The highest BCUT2D eigenvalue weighted by molar-refractivity contribution is 7.99. The van der Waals surface area contributed by atoms with E-state index in [4.69, 9.17) is 4.74 Å². The molecule has 1 aliphatic rings. The Morgan fingerprint density at radius 2 is 2.00 bits per heavy atom. The van der Waals surface area contributed by atoms with E-state index in [1.54, 1.807) is 43.3 Å². The zero-order valence-electron chi connectivity index (χ0n) is 19.5. The van der Waals surface area contributed by atoms with E-state index in [2.05, 4.69) is 9.88 Å². The zero-order valence-corrected chi connectivity index (χ0v) is 20.3. The number of nitrogens with zero attached hydrogens (tertiary/aromatic N) is 2. The lowest BCUT2D eigenvalue weighted by molar-refractivity contribution is 0.0672. The molecule has 0 amide bonds. The number of aliphatic hydroxyl groups excluding tert-OH is 1. The molecule has 0 bridgehead atoms. The minimum atomic E-state index is -1.08. The van der Waals surface area contributed by atoms with E-state index in [1.807, 2.05) is 18.2 Å². The normalized spacial score (nSPS) is 19.9. The number of aromatic nitrogens is 1. The Kier molecular flexibility index (Phi) is 8.75. The molecule has 1 saturated heterocycles. The molecule has 0 radical (unpaired) electrons. The number of methoxy groups -OCH3 is 1. The molecule has 2 heterocycles. The Bertz CT molecular complexity index is 1070. The number of alkyl halides is 1. The van der Waals surface area contributed by atoms with Crippen LogP contribution in [-0.4, -0.2) is 54.1 Å². The van der Waals surface area contributed by atoms with Gasteiger partial charge in [-0.25, -0.2) is 8.78 Å². The third-order valence-electron chi connectivity index (χ3n) is 6.81. The van der Waals surface area contributed by atoms with Crippen LogP contribution in [0.1, 0.15) is 31.0 Å². The van der Waals surface area contributed by atoms with Gasteiger partial charge < -0.3 is 14.7 Å². The first-order chi connectivity index (χ1) is 16.6. The van der Waals surface area contributed by atoms with Crippen molar-refractivity contribution in [1.29, 1.82) is 0 Å². The molecule has 1 aliphatic heterocycles. The number of fused-ring (bicyclic) bond motifs is 1. The second kappa shape index (κ2) is 12.0. The molecule has 0 saturated carbocycles. The van der Waals surface area contributed by atoms with Crippen LogP contribution in [0.25, 0.3) is 10.9 Å². The number of rotatable bonds is 10. The lowest BCUT2D eigenvalue weighted by Gasteiger charge is -2.38. The molecule has 1 fully saturated rings. The lowest BCUT2D eigenvalue weighted by Crippen LogP contribution is -2.43. The highest BCUT2D eigenvalue weighted by Gasteiger charge is 2.29. The molecule has 4 nitrogen and oxygen atoms in total. The fraction of sp³-hybridized carbons (Fsp3) is 0.444. The van der Waals surface area contributed by atoms with Crippen molar-refractivity contribution < 1.29 is 18.6 Å². The summed E-state index contributed by atoms with van der Waals surface area (Å²) in [4.78, 5) is 7.79. The Morgan fingerprint density at radius 1 is 1.18 bits per heavy atom. The number of likely N-dealkylation sites (tertiary alicyclic amines) is 1. The highest BCUT2D eigenvalue weighted by atomic mass is 32.2. The molecule has 1 aromatic heterocycles. The first-order valence-electron chi connectivity index (χ1n) is 11.9. The van der Waals surface area contributed by atoms with Gasteiger partial charge in [-0.1, -0.05) is 0 Å². The second-order valence-electron chi connectivity index (χ2n) is 8.92. The van der Waals surface area contributed by atoms with Crippen molar-refractivity contribution in [3.05, 3.63) is 66.1 Å². The monoisotopic (exact) mass is 486 g/mol. The number of piperidine rings is 1. The predicted molar refractivity (Wildman–Crippen MR) is 134 cm³/mol. The van der Waals surface area contributed by atoms with Crippen LogP contribution in [-0.2, 0) is 0 Å². The van der Waals surface area contributed by atoms with Crippen LogP contribution in [0.4, 0.5) is 8.78 Å². The van der Waals surface area contributed by atoms with Gasteiger partial charge in [0.25, 0.3) is 0 Å². The van der Waals surface area contributed by atoms with Crippen LogP contribution in [0.15, 0.2) is 59.6 Å². The van der Waals surface area contributed by atoms with Gasteiger partial charge >= 0.3 is 0 Å². The van der Waals surface area contributed by atoms with Gasteiger partial charge in [-0.2, -0.15) is 0 Å². The maximum Gasteiger partial charge on any atom is 0.126 e. The molecule has 1 N–H and O–H groups in total. The Labute approximate surface area is 204 Å². The summed E-state index contributed by atoms with van der Waals surface area (Å²) in [6, 6.07) is 13.9. The third kappa shape index (κ3) is 6.26. The van der Waals surface area contributed by atoms with Crippen molar-refractivity contribution in [2.24, 2.45) is 11.8 Å².